The second-order valence-electron chi connectivity index (χ2n) is 3.89. The summed E-state index contributed by atoms with van der Waals surface area (Å²) in [5.74, 6) is -0.269. The van der Waals surface area contributed by atoms with Gasteiger partial charge in [-0.1, -0.05) is 24.7 Å². The Morgan fingerprint density at radius 3 is 2.85 bits per heavy atom. The van der Waals surface area contributed by atoms with Crippen molar-refractivity contribution in [1.29, 1.82) is 0 Å². The second kappa shape index (κ2) is 8.25. The van der Waals surface area contributed by atoms with Crippen molar-refractivity contribution >= 4 is 46.1 Å². The van der Waals surface area contributed by atoms with Gasteiger partial charge in [-0.2, -0.15) is 0 Å². The van der Waals surface area contributed by atoms with Crippen molar-refractivity contribution in [2.24, 2.45) is 5.73 Å². The summed E-state index contributed by atoms with van der Waals surface area (Å²) in [4.78, 5) is 16.0. The van der Waals surface area contributed by atoms with E-state index >= 15 is 0 Å². The Morgan fingerprint density at radius 2 is 2.20 bits per heavy atom. The first kappa shape index (κ1) is 17.0. The summed E-state index contributed by atoms with van der Waals surface area (Å²) in [6, 6.07) is 0. The molecular formula is C11H16ClN5OS2. The Hall–Kier alpha value is -1.09. The van der Waals surface area contributed by atoms with Crippen molar-refractivity contribution in [3.8, 4) is 0 Å². The Morgan fingerprint density at radius 1 is 1.40 bits per heavy atom. The highest BCUT2D eigenvalue weighted by atomic mass is 35.5. The van der Waals surface area contributed by atoms with Crippen molar-refractivity contribution in [3.63, 3.8) is 0 Å². The lowest BCUT2D eigenvalue weighted by Crippen LogP contribution is -2.12. The predicted molar refractivity (Wildman–Crippen MR) is 83.7 cm³/mol. The molecule has 1 amide bonds. The number of aromatic nitrogens is 3. The summed E-state index contributed by atoms with van der Waals surface area (Å²) >= 11 is 2.78. The Bertz CT molecular complexity index is 557. The molecule has 2 aromatic heterocycles. The third-order valence-electron chi connectivity index (χ3n) is 2.39. The number of nitrogens with zero attached hydrogens (tertiary/aromatic N) is 3. The van der Waals surface area contributed by atoms with E-state index in [2.05, 4.69) is 27.4 Å². The molecule has 2 rings (SSSR count). The van der Waals surface area contributed by atoms with Crippen LogP contribution >= 0.6 is 35.1 Å². The monoisotopic (exact) mass is 333 g/mol. The predicted octanol–water partition coefficient (Wildman–Crippen LogP) is 2.47. The van der Waals surface area contributed by atoms with Gasteiger partial charge in [0.2, 0.25) is 5.13 Å². The molecule has 2 heterocycles. The van der Waals surface area contributed by atoms with Crippen molar-refractivity contribution in [2.75, 3.05) is 5.32 Å². The van der Waals surface area contributed by atoms with Crippen LogP contribution in [0.15, 0.2) is 5.38 Å². The van der Waals surface area contributed by atoms with Crippen molar-refractivity contribution in [2.45, 2.75) is 32.7 Å². The van der Waals surface area contributed by atoms with Crippen LogP contribution in [0.2, 0.25) is 0 Å². The first-order valence-electron chi connectivity index (χ1n) is 6.01. The van der Waals surface area contributed by atoms with Crippen molar-refractivity contribution in [1.82, 2.24) is 15.2 Å². The number of hydrogen-bond donors (Lipinski definition) is 2. The molecule has 6 nitrogen and oxygen atoms in total. The molecule has 0 aliphatic heterocycles. The number of nitrogens with two attached hydrogens (primary N) is 1. The Balaban J connectivity index is 0.00000200. The Labute approximate surface area is 131 Å². The molecule has 20 heavy (non-hydrogen) atoms. The van der Waals surface area contributed by atoms with Gasteiger partial charge in [0.25, 0.3) is 5.91 Å². The summed E-state index contributed by atoms with van der Waals surface area (Å²) < 4.78 is 0. The van der Waals surface area contributed by atoms with Crippen LogP contribution in [0.1, 0.15) is 40.3 Å². The number of anilines is 1. The first-order chi connectivity index (χ1) is 9.22. The largest absolute Gasteiger partial charge is 0.325 e. The number of rotatable bonds is 6. The van der Waals surface area contributed by atoms with E-state index in [9.17, 15) is 4.79 Å². The highest BCUT2D eigenvalue weighted by Gasteiger charge is 2.13. The fraction of sp³-hybridized carbons (Fsp3) is 0.455. The number of halogens is 1. The molecule has 9 heteroatoms. The lowest BCUT2D eigenvalue weighted by molar-refractivity contribution is 0.102. The molecule has 0 aliphatic rings. The van der Waals surface area contributed by atoms with Gasteiger partial charge in [0.05, 0.1) is 0 Å². The zero-order chi connectivity index (χ0) is 13.7. The molecule has 0 saturated carbocycles. The van der Waals surface area contributed by atoms with E-state index in [0.29, 0.717) is 17.4 Å². The van der Waals surface area contributed by atoms with E-state index in [1.54, 1.807) is 5.38 Å². The Kier molecular flexibility index (Phi) is 7.00. The second-order valence-corrected chi connectivity index (χ2v) is 5.89. The normalized spacial score (nSPS) is 10.1. The van der Waals surface area contributed by atoms with Gasteiger partial charge in [0, 0.05) is 18.3 Å². The topological polar surface area (TPSA) is 93.8 Å². The average Bonchev–Trinajstić information content (AvgIpc) is 3.05. The van der Waals surface area contributed by atoms with Gasteiger partial charge in [-0.05, 0) is 6.42 Å². The zero-order valence-corrected chi connectivity index (χ0v) is 13.4. The minimum Gasteiger partial charge on any atom is -0.325 e. The van der Waals surface area contributed by atoms with Gasteiger partial charge in [-0.15, -0.1) is 33.9 Å². The summed E-state index contributed by atoms with van der Waals surface area (Å²) in [6.07, 6.45) is 3.09. The number of carbonyl (C=O) groups excluding carboxylic acids is 1. The smallest absolute Gasteiger partial charge is 0.276 e. The summed E-state index contributed by atoms with van der Waals surface area (Å²) in [5.41, 5.74) is 5.83. The quantitative estimate of drug-likeness (QED) is 0.846. The SMILES string of the molecule is CCCCc1nnc(NC(=O)c2csc(CN)n2)s1.Cl. The van der Waals surface area contributed by atoms with Crippen molar-refractivity contribution < 1.29 is 4.79 Å². The standard InChI is InChI=1S/C11H15N5OS2.ClH/c1-2-3-4-8-15-16-11(19-8)14-10(17)7-6-18-9(5-12)13-7;/h6H,2-5,12H2,1H3,(H,14,16,17);1H. The van der Waals surface area contributed by atoms with Crippen LogP contribution in [0.4, 0.5) is 5.13 Å². The molecule has 110 valence electrons. The van der Waals surface area contributed by atoms with E-state index in [4.69, 9.17) is 5.73 Å². The molecule has 0 saturated heterocycles. The van der Waals surface area contributed by atoms with Gasteiger partial charge in [0.1, 0.15) is 15.7 Å². The first-order valence-corrected chi connectivity index (χ1v) is 7.70. The fourth-order valence-electron chi connectivity index (χ4n) is 1.40. The van der Waals surface area contributed by atoms with Gasteiger partial charge < -0.3 is 5.73 Å². The van der Waals surface area contributed by atoms with Crippen molar-refractivity contribution in [3.05, 3.63) is 21.1 Å². The molecule has 0 aromatic carbocycles. The molecule has 0 radical (unpaired) electrons. The van der Waals surface area contributed by atoms with Gasteiger partial charge >= 0.3 is 0 Å². The van der Waals surface area contributed by atoms with E-state index in [1.165, 1.54) is 22.7 Å². The summed E-state index contributed by atoms with van der Waals surface area (Å²) in [5, 5.41) is 14.6. The van der Waals surface area contributed by atoms with Crippen LogP contribution in [0.5, 0.6) is 0 Å². The van der Waals surface area contributed by atoms with Crippen LogP contribution in [0.3, 0.4) is 0 Å². The van der Waals surface area contributed by atoms with Gasteiger partial charge in [-0.3, -0.25) is 10.1 Å². The van der Waals surface area contributed by atoms with E-state index in [-0.39, 0.29) is 18.3 Å². The molecule has 0 aliphatic carbocycles. The van der Waals surface area contributed by atoms with Crippen LogP contribution in [0, 0.1) is 0 Å². The molecule has 0 spiro atoms. The molecule has 0 unspecified atom stereocenters. The minimum absolute atomic E-state index is 0. The highest BCUT2D eigenvalue weighted by molar-refractivity contribution is 7.15. The third kappa shape index (κ3) is 4.48. The zero-order valence-electron chi connectivity index (χ0n) is 11.0. The number of unbranched alkanes of at least 4 members (excludes halogenated alkanes) is 1. The summed E-state index contributed by atoms with van der Waals surface area (Å²) in [7, 11) is 0. The molecular weight excluding hydrogens is 318 g/mol. The lowest BCUT2D eigenvalue weighted by atomic mass is 10.3. The highest BCUT2D eigenvalue weighted by Crippen LogP contribution is 2.18. The molecule has 0 bridgehead atoms. The molecule has 3 N–H and O–H groups in total. The van der Waals surface area contributed by atoms with Gasteiger partial charge in [0.15, 0.2) is 0 Å². The number of aryl methyl sites for hydroxylation is 1. The number of carbonyl (C=O) groups is 1. The molecule has 0 atom stereocenters. The van der Waals surface area contributed by atoms with E-state index < -0.39 is 0 Å². The average molecular weight is 334 g/mol. The number of nitrogens with one attached hydrogen (secondary N) is 1. The van der Waals surface area contributed by atoms with E-state index in [0.717, 1.165) is 29.3 Å². The van der Waals surface area contributed by atoms with Crippen LogP contribution in [-0.2, 0) is 13.0 Å². The molecule has 2 aromatic rings. The maximum Gasteiger partial charge on any atom is 0.276 e. The number of hydrogen-bond acceptors (Lipinski definition) is 7. The molecule has 0 fully saturated rings. The number of thiazole rings is 1. The van der Waals surface area contributed by atoms with Crippen LogP contribution in [-0.4, -0.2) is 21.1 Å². The van der Waals surface area contributed by atoms with E-state index in [1.807, 2.05) is 0 Å². The minimum atomic E-state index is -0.269. The third-order valence-corrected chi connectivity index (χ3v) is 4.16. The van der Waals surface area contributed by atoms with Crippen LogP contribution < -0.4 is 11.1 Å². The van der Waals surface area contributed by atoms with Crippen LogP contribution in [0.25, 0.3) is 0 Å². The fourth-order valence-corrected chi connectivity index (χ4v) is 2.83. The number of amides is 1. The summed E-state index contributed by atoms with van der Waals surface area (Å²) in [6.45, 7) is 2.47. The maximum atomic E-state index is 11.9. The van der Waals surface area contributed by atoms with Gasteiger partial charge in [-0.25, -0.2) is 4.98 Å². The lowest BCUT2D eigenvalue weighted by Gasteiger charge is -1.96. The maximum absolute atomic E-state index is 11.9.